The summed E-state index contributed by atoms with van der Waals surface area (Å²) >= 11 is 0. The molecule has 73 heavy (non-hydrogen) atoms. The number of fused-ring (bicyclic) bond motifs is 5. The minimum Gasteiger partial charge on any atom is -0.508 e. The van der Waals surface area contributed by atoms with Gasteiger partial charge in [-0.3, -0.25) is 4.79 Å². The normalized spacial score (nSPS) is 27.0. The van der Waals surface area contributed by atoms with Crippen LogP contribution in [0.25, 0.3) is 10.8 Å². The van der Waals surface area contributed by atoms with E-state index in [-0.39, 0.29) is 35.6 Å². The van der Waals surface area contributed by atoms with Gasteiger partial charge < -0.3 is 45.3 Å². The number of methoxy groups -OCH3 is 1. The SMILES string of the molecule is CCc1ccc2cccc3c2c1Cc1c(ccc(O)c1OC)C[C@@H](Cc1cc[nH]c1)[C@H](O)[C@@H]1C(=O)[C@@](c2cc(O)cc(CNC)c2)([C@H]2CSSC[C@H]4CCCC[C@@H]4Oc4cc2ccc4O)[C@@H](O)C[C@H]1CSSC3. The molecule has 4 aliphatic rings. The monoisotopic (exact) mass is 1060 g/mol. The summed E-state index contributed by atoms with van der Waals surface area (Å²) < 4.78 is 12.8. The summed E-state index contributed by atoms with van der Waals surface area (Å²) in [6, 6.07) is 27.2. The fraction of sp³-hybridized carbons (Fsp3) is 0.441. The molecule has 2 aliphatic carbocycles. The van der Waals surface area contributed by atoms with Gasteiger partial charge in [0.1, 0.15) is 11.9 Å². The molecule has 0 radical (unpaired) electrons. The van der Waals surface area contributed by atoms with Crippen LogP contribution < -0.4 is 14.8 Å². The van der Waals surface area contributed by atoms with E-state index in [1.807, 2.05) is 49.8 Å². The van der Waals surface area contributed by atoms with Gasteiger partial charge in [-0.05, 0) is 156 Å². The van der Waals surface area contributed by atoms with Crippen molar-refractivity contribution < 1.29 is 39.8 Å². The molecule has 5 aromatic carbocycles. The number of H-pyrrole nitrogens is 1. The molecular weight excluding hydrogens is 993 g/mol. The number of aromatic amines is 1. The summed E-state index contributed by atoms with van der Waals surface area (Å²) in [5.74, 6) is 0.713. The van der Waals surface area contributed by atoms with Crippen LogP contribution >= 0.6 is 43.2 Å². The summed E-state index contributed by atoms with van der Waals surface area (Å²) in [4.78, 5) is 20.3. The van der Waals surface area contributed by atoms with Gasteiger partial charge in [-0.25, -0.2) is 0 Å². The van der Waals surface area contributed by atoms with Crippen LogP contribution in [0.15, 0.2) is 97.3 Å². The number of nitrogens with one attached hydrogen (secondary N) is 2. The van der Waals surface area contributed by atoms with Crippen molar-refractivity contribution in [1.29, 1.82) is 0 Å². The van der Waals surface area contributed by atoms with E-state index in [0.29, 0.717) is 66.0 Å². The quantitative estimate of drug-likeness (QED) is 0.0721. The van der Waals surface area contributed by atoms with Crippen LogP contribution in [0.2, 0.25) is 0 Å². The topological polar surface area (TPSA) is 164 Å². The molecule has 386 valence electrons. The molecule has 14 heteroatoms. The highest BCUT2D eigenvalue weighted by molar-refractivity contribution is 8.76. The van der Waals surface area contributed by atoms with Crippen LogP contribution in [0.4, 0.5) is 0 Å². The van der Waals surface area contributed by atoms with Crippen molar-refractivity contribution in [3.8, 4) is 28.7 Å². The first-order valence-electron chi connectivity index (χ1n) is 25.9. The molecule has 7 N–H and O–H groups in total. The van der Waals surface area contributed by atoms with E-state index in [1.54, 1.807) is 74.6 Å². The lowest BCUT2D eigenvalue weighted by Crippen LogP contribution is -2.62. The van der Waals surface area contributed by atoms with Crippen molar-refractivity contribution in [2.24, 2.45) is 23.7 Å². The molecule has 2 aliphatic heterocycles. The van der Waals surface area contributed by atoms with Crippen molar-refractivity contribution in [3.63, 3.8) is 0 Å². The van der Waals surface area contributed by atoms with Crippen LogP contribution in [0.3, 0.4) is 0 Å². The summed E-state index contributed by atoms with van der Waals surface area (Å²) in [6.07, 6.45) is 7.75. The van der Waals surface area contributed by atoms with Gasteiger partial charge in [-0.2, -0.15) is 0 Å². The third-order valence-corrected chi connectivity index (χ3v) is 21.4. The lowest BCUT2D eigenvalue weighted by molar-refractivity contribution is -0.150. The maximum atomic E-state index is 17.1. The maximum absolute atomic E-state index is 17.1. The van der Waals surface area contributed by atoms with E-state index >= 15 is 4.79 Å². The van der Waals surface area contributed by atoms with Crippen molar-refractivity contribution in [1.82, 2.24) is 10.3 Å². The predicted molar refractivity (Wildman–Crippen MR) is 300 cm³/mol. The van der Waals surface area contributed by atoms with Crippen LogP contribution in [0, 0.1) is 23.7 Å². The van der Waals surface area contributed by atoms with Crippen molar-refractivity contribution in [2.45, 2.75) is 107 Å². The maximum Gasteiger partial charge on any atom is 0.164 e. The number of aliphatic hydroxyl groups excluding tert-OH is 2. The number of aliphatic hydroxyl groups is 2. The third kappa shape index (κ3) is 10.4. The van der Waals surface area contributed by atoms with Crippen LogP contribution in [-0.4, -0.2) is 86.0 Å². The minimum atomic E-state index is -1.66. The van der Waals surface area contributed by atoms with Crippen molar-refractivity contribution in [3.05, 3.63) is 147 Å². The second kappa shape index (κ2) is 22.8. The Morgan fingerprint density at radius 3 is 2.45 bits per heavy atom. The molecule has 1 aromatic heterocycles. The number of aryl methyl sites for hydroxylation is 1. The average Bonchev–Trinajstić information content (AvgIpc) is 3.89. The molecule has 0 unspecified atom stereocenters. The molecule has 6 aromatic rings. The number of phenols is 3. The molecule has 2 bridgehead atoms. The number of Topliss-reactive ketones (excluding diaryl/α,β-unsaturated/α-hetero) is 1. The zero-order valence-electron chi connectivity index (χ0n) is 41.8. The lowest BCUT2D eigenvalue weighted by atomic mass is 9.52. The molecular formula is C59H68N2O8S4. The van der Waals surface area contributed by atoms with Gasteiger partial charge in [0, 0.05) is 71.7 Å². The highest BCUT2D eigenvalue weighted by Crippen LogP contribution is 2.56. The predicted octanol–water partition coefficient (Wildman–Crippen LogP) is 11.4. The molecule has 0 spiro atoms. The largest absolute Gasteiger partial charge is 0.508 e. The fourth-order valence-electron chi connectivity index (χ4n) is 12.9. The number of aromatic nitrogens is 1. The molecule has 2 saturated carbocycles. The molecule has 0 saturated heterocycles. The fourth-order valence-corrected chi connectivity index (χ4v) is 18.3. The van der Waals surface area contributed by atoms with E-state index in [1.165, 1.54) is 22.1 Å². The molecule has 10 nitrogen and oxygen atoms in total. The average molecular weight is 1060 g/mol. The van der Waals surface area contributed by atoms with Gasteiger partial charge >= 0.3 is 0 Å². The number of ketones is 1. The zero-order chi connectivity index (χ0) is 50.8. The first-order valence-corrected chi connectivity index (χ1v) is 30.9. The van der Waals surface area contributed by atoms with E-state index in [4.69, 9.17) is 9.47 Å². The van der Waals surface area contributed by atoms with Crippen LogP contribution in [-0.2, 0) is 48.2 Å². The number of benzene rings is 5. The summed E-state index contributed by atoms with van der Waals surface area (Å²) in [6.45, 7) is 2.59. The number of phenolic OH excluding ortho intramolecular Hbond substituents is 3. The standard InChI is InChI=1S/C59H68N2O8S4/c1-4-36-12-13-37-9-7-10-41-31-71-72-32-43-25-53(65)59(44-21-35(28-60-2)22-45(62)26-44,48-33-73-70-30-40-8-5-6-11-51(40)69-52-24-39(48)15-16-49(52)63)58(67)55(43)56(66)42(20-34-18-19-61-29-34)23-38-14-17-50(64)57(68-3)47(38)27-46(36)54(37)41/h7,9-10,12-19,21-22,24,26,29,40,42-43,48,51,53,55-56,60-66H,4-6,8,11,20,23,25,27-28,30-33H2,1-3H3/t40-,42-,43+,48+,51+,53+,55-,56+,59+/m1/s1. The minimum absolute atomic E-state index is 0.0160. The first-order chi connectivity index (χ1) is 35.5. The number of rotatable bonds is 8. The molecule has 10 rings (SSSR count). The van der Waals surface area contributed by atoms with Gasteiger partial charge in [-0.1, -0.05) is 105 Å². The second-order valence-electron chi connectivity index (χ2n) is 20.7. The smallest absolute Gasteiger partial charge is 0.164 e. The Balaban J connectivity index is 1.16. The Hall–Kier alpha value is -4.41. The van der Waals surface area contributed by atoms with E-state index < -0.39 is 41.3 Å². The highest BCUT2D eigenvalue weighted by atomic mass is 33.1. The molecule has 2 fully saturated rings. The molecule has 9 atom stereocenters. The van der Waals surface area contributed by atoms with Crippen LogP contribution in [0.1, 0.15) is 95.0 Å². The summed E-state index contributed by atoms with van der Waals surface area (Å²) in [5, 5.41) is 67.2. The van der Waals surface area contributed by atoms with Crippen molar-refractivity contribution >= 4 is 59.7 Å². The van der Waals surface area contributed by atoms with Gasteiger partial charge in [0.15, 0.2) is 28.8 Å². The number of aromatic hydroxyl groups is 3. The summed E-state index contributed by atoms with van der Waals surface area (Å²) in [7, 11) is 10.3. The number of hydrogen-bond donors (Lipinski definition) is 7. The van der Waals surface area contributed by atoms with Gasteiger partial charge in [0.05, 0.1) is 24.7 Å². The Bertz CT molecular complexity index is 2920. The van der Waals surface area contributed by atoms with Gasteiger partial charge in [-0.15, -0.1) is 0 Å². The van der Waals surface area contributed by atoms with E-state index in [2.05, 4.69) is 47.6 Å². The van der Waals surface area contributed by atoms with E-state index in [0.717, 1.165) is 71.1 Å². The Labute approximate surface area is 445 Å². The molecule has 0 amide bonds. The number of hydrogen-bond acceptors (Lipinski definition) is 13. The summed E-state index contributed by atoms with van der Waals surface area (Å²) in [5.41, 5.74) is 6.66. The number of ether oxygens (including phenoxy) is 2. The second-order valence-corrected chi connectivity index (χ2v) is 25.7. The highest BCUT2D eigenvalue weighted by Gasteiger charge is 2.61. The Morgan fingerprint density at radius 2 is 1.64 bits per heavy atom. The molecule has 3 heterocycles. The zero-order valence-corrected chi connectivity index (χ0v) is 45.1. The Morgan fingerprint density at radius 1 is 0.836 bits per heavy atom. The van der Waals surface area contributed by atoms with Gasteiger partial charge in [0.25, 0.3) is 0 Å². The van der Waals surface area contributed by atoms with E-state index in [9.17, 15) is 25.5 Å². The van der Waals surface area contributed by atoms with Crippen LogP contribution in [0.5, 0.6) is 28.7 Å². The lowest BCUT2D eigenvalue weighted by Gasteiger charge is -2.52. The first kappa shape index (κ1) is 52.0. The van der Waals surface area contributed by atoms with Crippen molar-refractivity contribution in [2.75, 3.05) is 31.4 Å². The number of carbonyl (C=O) groups excluding carboxylic acids is 1. The number of carbonyl (C=O) groups is 1. The van der Waals surface area contributed by atoms with Gasteiger partial charge in [0.2, 0.25) is 0 Å². The third-order valence-electron chi connectivity index (χ3n) is 16.4. The Kier molecular flexibility index (Phi) is 16.3.